The Hall–Kier alpha value is -1.26. The number of nitrogens with one attached hydrogen (secondary N) is 1. The highest BCUT2D eigenvalue weighted by atomic mass is 32.2. The molecule has 6 N–H and O–H groups in total. The van der Waals surface area contributed by atoms with Crippen molar-refractivity contribution >= 4 is 15.7 Å². The molecule has 0 heterocycles. The molecule has 0 amide bonds. The Kier molecular flexibility index (Phi) is 4.82. The fourth-order valence-corrected chi connectivity index (χ4v) is 1.85. The van der Waals surface area contributed by atoms with Crippen LogP contribution < -0.4 is 10.5 Å². The van der Waals surface area contributed by atoms with Crippen LogP contribution in [0.3, 0.4) is 0 Å². The maximum atomic E-state index is 13.7. The highest BCUT2D eigenvalue weighted by Crippen LogP contribution is 2.21. The Morgan fingerprint density at radius 3 is 2.11 bits per heavy atom. The van der Waals surface area contributed by atoms with Gasteiger partial charge in [0.1, 0.15) is 11.4 Å². The van der Waals surface area contributed by atoms with Gasteiger partial charge in [-0.25, -0.2) is 17.9 Å². The van der Waals surface area contributed by atoms with E-state index in [1.54, 1.807) is 0 Å². The summed E-state index contributed by atoms with van der Waals surface area (Å²) in [6.45, 7) is -1.93. The van der Waals surface area contributed by atoms with E-state index >= 15 is 0 Å². The second kappa shape index (κ2) is 5.80. The summed E-state index contributed by atoms with van der Waals surface area (Å²) < 4.78 is 35.7. The number of aliphatic hydroxyl groups is 3. The van der Waals surface area contributed by atoms with Crippen molar-refractivity contribution in [2.24, 2.45) is 5.14 Å². The SMILES string of the molecule is NS(=O)(=O)c1ccc(NC(CO)(CO)CO)c(F)c1. The zero-order valence-corrected chi connectivity index (χ0v) is 10.7. The second-order valence-corrected chi connectivity index (χ2v) is 5.63. The van der Waals surface area contributed by atoms with Crippen molar-refractivity contribution in [2.45, 2.75) is 10.4 Å². The van der Waals surface area contributed by atoms with Crippen molar-refractivity contribution in [1.29, 1.82) is 0 Å². The number of benzene rings is 1. The molecule has 0 saturated heterocycles. The molecule has 0 radical (unpaired) electrons. The quantitative estimate of drug-likeness (QED) is 0.438. The van der Waals surface area contributed by atoms with Crippen LogP contribution in [0.5, 0.6) is 0 Å². The van der Waals surface area contributed by atoms with Crippen molar-refractivity contribution in [3.05, 3.63) is 24.0 Å². The van der Waals surface area contributed by atoms with Crippen LogP contribution in [0, 0.1) is 5.82 Å². The topological polar surface area (TPSA) is 133 Å². The van der Waals surface area contributed by atoms with E-state index in [0.717, 1.165) is 12.1 Å². The lowest BCUT2D eigenvalue weighted by Gasteiger charge is -2.30. The molecule has 0 aliphatic heterocycles. The fraction of sp³-hybridized carbons (Fsp3) is 0.400. The molecular weight excluding hydrogens is 279 g/mol. The van der Waals surface area contributed by atoms with Gasteiger partial charge in [0.2, 0.25) is 10.0 Å². The normalized spacial score (nSPS) is 12.5. The van der Waals surface area contributed by atoms with Crippen molar-refractivity contribution < 1.29 is 28.1 Å². The van der Waals surface area contributed by atoms with Gasteiger partial charge in [-0.05, 0) is 18.2 Å². The zero-order valence-electron chi connectivity index (χ0n) is 9.88. The summed E-state index contributed by atoms with van der Waals surface area (Å²) in [7, 11) is -4.02. The third-order valence-electron chi connectivity index (χ3n) is 2.58. The van der Waals surface area contributed by atoms with Crippen LogP contribution in [0.4, 0.5) is 10.1 Å². The summed E-state index contributed by atoms with van der Waals surface area (Å²) in [4.78, 5) is -0.404. The molecule has 1 rings (SSSR count). The van der Waals surface area contributed by atoms with Crippen LogP contribution in [-0.4, -0.2) is 49.1 Å². The van der Waals surface area contributed by atoms with Crippen molar-refractivity contribution in [3.8, 4) is 0 Å². The minimum absolute atomic E-state index is 0.176. The van der Waals surface area contributed by atoms with Crippen molar-refractivity contribution in [2.75, 3.05) is 25.1 Å². The van der Waals surface area contributed by atoms with Gasteiger partial charge in [-0.2, -0.15) is 0 Å². The Morgan fingerprint density at radius 1 is 1.21 bits per heavy atom. The van der Waals surface area contributed by atoms with Crippen LogP contribution in [0.25, 0.3) is 0 Å². The monoisotopic (exact) mass is 294 g/mol. The highest BCUT2D eigenvalue weighted by Gasteiger charge is 2.29. The maximum absolute atomic E-state index is 13.7. The first-order valence-corrected chi connectivity index (χ1v) is 6.76. The van der Waals surface area contributed by atoms with Gasteiger partial charge in [0.25, 0.3) is 0 Å². The fourth-order valence-electron chi connectivity index (χ4n) is 1.33. The Morgan fingerprint density at radius 2 is 1.74 bits per heavy atom. The number of hydrogen-bond acceptors (Lipinski definition) is 6. The number of primary sulfonamides is 1. The van der Waals surface area contributed by atoms with Gasteiger partial charge in [-0.15, -0.1) is 0 Å². The Balaban J connectivity index is 3.11. The molecule has 1 aromatic carbocycles. The van der Waals surface area contributed by atoms with Crippen LogP contribution in [0.1, 0.15) is 0 Å². The van der Waals surface area contributed by atoms with Gasteiger partial charge in [0.15, 0.2) is 0 Å². The summed E-state index contributed by atoms with van der Waals surface area (Å²) in [5.74, 6) is -0.939. The number of hydrogen-bond donors (Lipinski definition) is 5. The second-order valence-electron chi connectivity index (χ2n) is 4.07. The van der Waals surface area contributed by atoms with Gasteiger partial charge in [-0.1, -0.05) is 0 Å². The van der Waals surface area contributed by atoms with E-state index in [4.69, 9.17) is 20.5 Å². The lowest BCUT2D eigenvalue weighted by atomic mass is 10.0. The molecule has 0 atom stereocenters. The molecule has 0 spiro atoms. The van der Waals surface area contributed by atoms with E-state index in [2.05, 4.69) is 5.32 Å². The first kappa shape index (κ1) is 15.8. The summed E-state index contributed by atoms with van der Waals surface area (Å²) in [5.41, 5.74) is -1.69. The molecule has 9 heteroatoms. The standard InChI is InChI=1S/C10H15FN2O5S/c11-8-3-7(19(12,17)18)1-2-9(8)13-10(4-14,5-15)6-16/h1-3,13-16H,4-6H2,(H2,12,17,18). The molecule has 108 valence electrons. The number of nitrogens with two attached hydrogens (primary N) is 1. The summed E-state index contributed by atoms with van der Waals surface area (Å²) in [6, 6.07) is 2.86. The van der Waals surface area contributed by atoms with Gasteiger partial charge in [0.05, 0.1) is 30.4 Å². The van der Waals surface area contributed by atoms with Crippen LogP contribution in [-0.2, 0) is 10.0 Å². The molecule has 0 fully saturated rings. The maximum Gasteiger partial charge on any atom is 0.238 e. The summed E-state index contributed by atoms with van der Waals surface area (Å²) >= 11 is 0. The third kappa shape index (κ3) is 3.61. The zero-order chi connectivity index (χ0) is 14.7. The smallest absolute Gasteiger partial charge is 0.238 e. The molecule has 0 aromatic heterocycles. The molecule has 0 aliphatic rings. The minimum atomic E-state index is -4.02. The minimum Gasteiger partial charge on any atom is -0.394 e. The van der Waals surface area contributed by atoms with Crippen LogP contribution in [0.15, 0.2) is 23.1 Å². The summed E-state index contributed by atoms with van der Waals surface area (Å²) in [5, 5.41) is 34.5. The molecule has 0 saturated carbocycles. The molecule has 0 bridgehead atoms. The van der Waals surface area contributed by atoms with Crippen LogP contribution >= 0.6 is 0 Å². The largest absolute Gasteiger partial charge is 0.394 e. The van der Waals surface area contributed by atoms with Gasteiger partial charge in [-0.3, -0.25) is 0 Å². The molecule has 1 aromatic rings. The first-order valence-electron chi connectivity index (χ1n) is 5.21. The average Bonchev–Trinajstić information content (AvgIpc) is 2.37. The van der Waals surface area contributed by atoms with E-state index in [0.29, 0.717) is 6.07 Å². The number of aliphatic hydroxyl groups excluding tert-OH is 3. The van der Waals surface area contributed by atoms with E-state index in [9.17, 15) is 12.8 Å². The number of halogens is 1. The van der Waals surface area contributed by atoms with Gasteiger partial charge < -0.3 is 20.6 Å². The predicted molar refractivity (Wildman–Crippen MR) is 65.4 cm³/mol. The molecule has 0 unspecified atom stereocenters. The molecular formula is C10H15FN2O5S. The van der Waals surface area contributed by atoms with Crippen LogP contribution in [0.2, 0.25) is 0 Å². The van der Waals surface area contributed by atoms with Gasteiger partial charge in [0, 0.05) is 0 Å². The average molecular weight is 294 g/mol. The van der Waals surface area contributed by atoms with E-state index < -0.39 is 46.1 Å². The number of rotatable bonds is 6. The van der Waals surface area contributed by atoms with E-state index in [1.165, 1.54) is 0 Å². The lowest BCUT2D eigenvalue weighted by molar-refractivity contribution is 0.0831. The summed E-state index contributed by atoms with van der Waals surface area (Å²) in [6.07, 6.45) is 0. The predicted octanol–water partition coefficient (Wildman–Crippen LogP) is -1.40. The number of sulfonamides is 1. The van der Waals surface area contributed by atoms with E-state index in [-0.39, 0.29) is 5.69 Å². The van der Waals surface area contributed by atoms with Crippen molar-refractivity contribution in [3.63, 3.8) is 0 Å². The first-order chi connectivity index (χ1) is 8.78. The highest BCUT2D eigenvalue weighted by molar-refractivity contribution is 7.89. The number of anilines is 1. The lowest BCUT2D eigenvalue weighted by Crippen LogP contribution is -2.49. The molecule has 19 heavy (non-hydrogen) atoms. The Labute approximate surface area is 109 Å². The molecule has 7 nitrogen and oxygen atoms in total. The van der Waals surface area contributed by atoms with Crippen molar-refractivity contribution in [1.82, 2.24) is 0 Å². The third-order valence-corrected chi connectivity index (χ3v) is 3.49. The van der Waals surface area contributed by atoms with E-state index in [1.807, 2.05) is 0 Å². The molecule has 0 aliphatic carbocycles. The Bertz CT molecular complexity index is 537. The van der Waals surface area contributed by atoms with Gasteiger partial charge >= 0.3 is 0 Å².